The lowest BCUT2D eigenvalue weighted by atomic mass is 11.7. The third kappa shape index (κ3) is 18.4. The van der Waals surface area contributed by atoms with Crippen LogP contribution in [-0.2, 0) is 0 Å². The third-order valence-electron chi connectivity index (χ3n) is 0.445. The van der Waals surface area contributed by atoms with Gasteiger partial charge in [0, 0.05) is 7.11 Å². The number of hydrogen-bond acceptors (Lipinski definition) is 1. The average Bonchev–Trinajstić information content (AvgIpc) is 1.69. The van der Waals surface area contributed by atoms with Crippen molar-refractivity contribution in [2.75, 3.05) is 7.11 Å². The molecule has 0 spiro atoms. The minimum absolute atomic E-state index is 1.00. The molecule has 4 heteroatoms. The van der Waals surface area contributed by atoms with Crippen molar-refractivity contribution in [3.8, 4) is 0 Å². The highest BCUT2D eigenvalue weighted by atomic mass is 28.3. The van der Waals surface area contributed by atoms with E-state index in [0.29, 0.717) is 0 Å². The third-order valence-corrected chi connectivity index (χ3v) is 1.34. The molecule has 0 aromatic rings. The normalized spacial score (nSPS) is 8.56. The first kappa shape index (κ1) is 11.4. The molecule has 9 heavy (non-hydrogen) atoms. The van der Waals surface area contributed by atoms with Gasteiger partial charge in [-0.05, 0) is 0 Å². The first-order valence-corrected chi connectivity index (χ1v) is 6.27. The van der Waals surface area contributed by atoms with Crippen LogP contribution in [0, 0.1) is 0 Å². The Labute approximate surface area is 57.0 Å². The SMILES string of the molecule is CO.C[Si](C)(C)C=[N+]=[N-]. The van der Waals surface area contributed by atoms with Crippen molar-refractivity contribution in [3.63, 3.8) is 0 Å². The molecular formula is C5H14N2OSi. The average molecular weight is 146 g/mol. The van der Waals surface area contributed by atoms with Crippen LogP contribution in [0.1, 0.15) is 0 Å². The summed E-state index contributed by atoms with van der Waals surface area (Å²) in [5.74, 6) is 1.63. The molecule has 0 aromatic heterocycles. The van der Waals surface area contributed by atoms with Crippen molar-refractivity contribution in [2.45, 2.75) is 19.6 Å². The van der Waals surface area contributed by atoms with Crippen LogP contribution < -0.4 is 0 Å². The molecule has 0 heterocycles. The fraction of sp³-hybridized carbons (Fsp3) is 0.800. The monoisotopic (exact) mass is 146 g/mol. The van der Waals surface area contributed by atoms with E-state index in [1.54, 1.807) is 5.84 Å². The second-order valence-electron chi connectivity index (χ2n) is 2.61. The maximum Gasteiger partial charge on any atom is 0.226 e. The Bertz CT molecular complexity index is 102. The van der Waals surface area contributed by atoms with Gasteiger partial charge in [0.05, 0.1) is 0 Å². The molecule has 0 aromatic carbocycles. The number of rotatable bonds is 1. The Morgan fingerprint density at radius 2 is 1.67 bits per heavy atom. The van der Waals surface area contributed by atoms with Crippen molar-refractivity contribution in [2.24, 2.45) is 0 Å². The van der Waals surface area contributed by atoms with Crippen molar-refractivity contribution in [1.29, 1.82) is 0 Å². The van der Waals surface area contributed by atoms with E-state index < -0.39 is 8.07 Å². The summed E-state index contributed by atoms with van der Waals surface area (Å²) >= 11 is 0. The highest BCUT2D eigenvalue weighted by Gasteiger charge is 2.14. The van der Waals surface area contributed by atoms with Gasteiger partial charge in [-0.25, -0.2) is 0 Å². The van der Waals surface area contributed by atoms with E-state index >= 15 is 0 Å². The van der Waals surface area contributed by atoms with Crippen LogP contribution in [0.3, 0.4) is 0 Å². The lowest BCUT2D eigenvalue weighted by molar-refractivity contribution is 0.00680. The summed E-state index contributed by atoms with van der Waals surface area (Å²) in [5.41, 5.74) is 8.01. The molecule has 0 aliphatic heterocycles. The largest absolute Gasteiger partial charge is 0.400 e. The van der Waals surface area contributed by atoms with E-state index in [4.69, 9.17) is 10.6 Å². The quantitative estimate of drug-likeness (QED) is 0.253. The lowest BCUT2D eigenvalue weighted by Gasteiger charge is -1.95. The summed E-state index contributed by atoms with van der Waals surface area (Å²) in [4.78, 5) is 2.94. The molecule has 0 rings (SSSR count). The first-order chi connectivity index (χ1) is 4.06. The zero-order chi connectivity index (χ0) is 7.91. The van der Waals surface area contributed by atoms with E-state index in [0.717, 1.165) is 7.11 Å². The van der Waals surface area contributed by atoms with Crippen molar-refractivity contribution in [1.82, 2.24) is 0 Å². The van der Waals surface area contributed by atoms with Gasteiger partial charge in [-0.2, -0.15) is 4.79 Å². The van der Waals surface area contributed by atoms with Gasteiger partial charge in [0.2, 0.25) is 5.84 Å². The van der Waals surface area contributed by atoms with Gasteiger partial charge in [-0.3, -0.25) is 0 Å². The molecule has 0 saturated carbocycles. The molecule has 0 unspecified atom stereocenters. The Hall–Kier alpha value is -0.443. The van der Waals surface area contributed by atoms with Crippen molar-refractivity contribution >= 4 is 13.9 Å². The molecule has 54 valence electrons. The smallest absolute Gasteiger partial charge is 0.226 e. The molecule has 0 aliphatic carbocycles. The number of aliphatic hydroxyl groups excluding tert-OH is 1. The molecule has 0 saturated heterocycles. The Morgan fingerprint density at radius 3 is 1.67 bits per heavy atom. The predicted octanol–water partition coefficient (Wildman–Crippen LogP) is 0.773. The number of nitrogens with zero attached hydrogens (tertiary/aromatic N) is 2. The lowest BCUT2D eigenvalue weighted by Crippen LogP contribution is -2.22. The van der Waals surface area contributed by atoms with Gasteiger partial charge < -0.3 is 10.6 Å². The molecule has 0 atom stereocenters. The minimum Gasteiger partial charge on any atom is -0.400 e. The summed E-state index contributed by atoms with van der Waals surface area (Å²) in [5, 5.41) is 7.00. The van der Waals surface area contributed by atoms with Crippen LogP contribution in [0.5, 0.6) is 0 Å². The topological polar surface area (TPSA) is 56.6 Å². The van der Waals surface area contributed by atoms with Crippen LogP contribution in [-0.4, -0.2) is 30.9 Å². The van der Waals surface area contributed by atoms with Gasteiger partial charge in [0.1, 0.15) is 0 Å². The van der Waals surface area contributed by atoms with Crippen LogP contribution in [0.15, 0.2) is 0 Å². The van der Waals surface area contributed by atoms with Crippen LogP contribution in [0.2, 0.25) is 19.6 Å². The zero-order valence-corrected chi connectivity index (χ0v) is 7.42. The van der Waals surface area contributed by atoms with Gasteiger partial charge in [0.25, 0.3) is 0 Å². The van der Waals surface area contributed by atoms with Gasteiger partial charge in [0.15, 0.2) is 8.07 Å². The molecule has 0 bridgehead atoms. The first-order valence-electron chi connectivity index (χ1n) is 2.69. The van der Waals surface area contributed by atoms with Crippen molar-refractivity contribution in [3.05, 3.63) is 5.53 Å². The summed E-state index contributed by atoms with van der Waals surface area (Å²) in [6.07, 6.45) is 0. The molecule has 0 amide bonds. The van der Waals surface area contributed by atoms with Crippen LogP contribution >= 0.6 is 0 Å². The highest BCUT2D eigenvalue weighted by Crippen LogP contribution is 1.91. The highest BCUT2D eigenvalue weighted by molar-refractivity contribution is 6.98. The maximum absolute atomic E-state index is 8.01. The van der Waals surface area contributed by atoms with Crippen molar-refractivity contribution < 1.29 is 9.90 Å². The van der Waals surface area contributed by atoms with E-state index in [1.165, 1.54) is 0 Å². The van der Waals surface area contributed by atoms with Crippen LogP contribution in [0.25, 0.3) is 5.53 Å². The predicted molar refractivity (Wildman–Crippen MR) is 41.2 cm³/mol. The molecule has 1 N–H and O–H groups in total. The Morgan fingerprint density at radius 1 is 1.33 bits per heavy atom. The summed E-state index contributed by atoms with van der Waals surface area (Å²) in [6.45, 7) is 6.31. The molecular weight excluding hydrogens is 132 g/mol. The molecule has 3 nitrogen and oxygen atoms in total. The van der Waals surface area contributed by atoms with Gasteiger partial charge in [-0.1, -0.05) is 19.6 Å². The fourth-order valence-electron chi connectivity index (χ4n) is 0.173. The molecule has 0 fully saturated rings. The van der Waals surface area contributed by atoms with E-state index in [1.807, 2.05) is 0 Å². The maximum atomic E-state index is 8.01. The summed E-state index contributed by atoms with van der Waals surface area (Å²) in [7, 11) is -0.199. The minimum atomic E-state index is -1.20. The second-order valence-corrected chi connectivity index (χ2v) is 7.60. The summed E-state index contributed by atoms with van der Waals surface area (Å²) in [6, 6.07) is 0. The zero-order valence-electron chi connectivity index (χ0n) is 6.42. The Balaban J connectivity index is 0. The number of hydrogen-bond donors (Lipinski definition) is 1. The van der Waals surface area contributed by atoms with Gasteiger partial charge in [-0.15, -0.1) is 0 Å². The van der Waals surface area contributed by atoms with Crippen LogP contribution in [0.4, 0.5) is 0 Å². The van der Waals surface area contributed by atoms with Gasteiger partial charge >= 0.3 is 0 Å². The van der Waals surface area contributed by atoms with E-state index in [9.17, 15) is 0 Å². The van der Waals surface area contributed by atoms with E-state index in [2.05, 4.69) is 24.4 Å². The van der Waals surface area contributed by atoms with E-state index in [-0.39, 0.29) is 0 Å². The second kappa shape index (κ2) is 5.69. The fourth-order valence-corrected chi connectivity index (χ4v) is 0.520. The molecule has 0 radical (unpaired) electrons. The summed E-state index contributed by atoms with van der Waals surface area (Å²) < 4.78 is 0. The standard InChI is InChI=1S/C4H10N2Si.CH4O/c1-7(2,3)4-6-5;1-2/h4H,1-3H3;2H,1H3. The molecule has 0 aliphatic rings. The Kier molecular flexibility index (Phi) is 7.18. The number of aliphatic hydroxyl groups is 1.